The van der Waals surface area contributed by atoms with Crippen molar-refractivity contribution >= 4 is 23.1 Å². The van der Waals surface area contributed by atoms with Gasteiger partial charge < -0.3 is 4.74 Å². The molecule has 0 spiro atoms. The van der Waals surface area contributed by atoms with Gasteiger partial charge in [0.1, 0.15) is 21.5 Å². The number of halogens is 3. The molecule has 0 bridgehead atoms. The molecule has 164 valence electrons. The molecule has 0 aliphatic heterocycles. The first-order chi connectivity index (χ1) is 15.3. The van der Waals surface area contributed by atoms with E-state index in [1.807, 2.05) is 43.3 Å². The van der Waals surface area contributed by atoms with Crippen LogP contribution in [0.3, 0.4) is 0 Å². The maximum Gasteiger partial charge on any atom is 0.416 e. The van der Waals surface area contributed by atoms with Crippen molar-refractivity contribution in [2.45, 2.75) is 23.9 Å². The number of nitrogens with zero attached hydrogens (tertiary/aromatic N) is 3. The van der Waals surface area contributed by atoms with Crippen LogP contribution in [0.4, 0.5) is 13.2 Å². The Morgan fingerprint density at radius 3 is 2.44 bits per heavy atom. The predicted octanol–water partition coefficient (Wildman–Crippen LogP) is 6.90. The topological polar surface area (TPSA) is 47.9 Å². The third-order valence-electron chi connectivity index (χ3n) is 4.65. The average molecular weight is 474 g/mol. The molecule has 0 atom stereocenters. The second-order valence-corrected chi connectivity index (χ2v) is 8.90. The summed E-state index contributed by atoms with van der Waals surface area (Å²) in [6.07, 6.45) is -4.33. The van der Waals surface area contributed by atoms with Gasteiger partial charge in [0.25, 0.3) is 0 Å². The highest BCUT2D eigenvalue weighted by atomic mass is 32.2. The molecular weight excluding hydrogens is 455 g/mol. The van der Waals surface area contributed by atoms with Gasteiger partial charge in [-0.3, -0.25) is 0 Å². The number of alkyl halides is 3. The summed E-state index contributed by atoms with van der Waals surface area (Å²) in [7, 11) is 1.63. The highest BCUT2D eigenvalue weighted by Crippen LogP contribution is 2.35. The van der Waals surface area contributed by atoms with Crippen LogP contribution in [0.1, 0.15) is 16.8 Å². The Kier molecular flexibility index (Phi) is 6.48. The van der Waals surface area contributed by atoms with Crippen molar-refractivity contribution in [3.8, 4) is 26.9 Å². The fraction of sp³-hybridized carbons (Fsp3) is 0.174. The van der Waals surface area contributed by atoms with Crippen molar-refractivity contribution in [2.75, 3.05) is 7.11 Å². The smallest absolute Gasteiger partial charge is 0.416 e. The van der Waals surface area contributed by atoms with Crippen LogP contribution in [-0.2, 0) is 11.9 Å². The standard InChI is InChI=1S/C23H18F3N3OS2/c1-14-21(32-22(27-14)16-4-3-5-18(12-16)30-2)19-10-11-20(29-28-19)31-13-15-6-8-17(9-7-15)23(24,25)26/h3-12H,13H2,1-2H3. The Morgan fingerprint density at radius 2 is 1.78 bits per heavy atom. The minimum Gasteiger partial charge on any atom is -0.497 e. The van der Waals surface area contributed by atoms with Crippen LogP contribution in [0.5, 0.6) is 5.75 Å². The van der Waals surface area contributed by atoms with E-state index in [9.17, 15) is 13.2 Å². The maximum atomic E-state index is 12.7. The van der Waals surface area contributed by atoms with E-state index in [1.165, 1.54) is 35.2 Å². The van der Waals surface area contributed by atoms with Gasteiger partial charge in [-0.2, -0.15) is 13.2 Å². The first-order valence-electron chi connectivity index (χ1n) is 9.58. The molecule has 2 aromatic carbocycles. The van der Waals surface area contributed by atoms with Crippen LogP contribution in [0.2, 0.25) is 0 Å². The van der Waals surface area contributed by atoms with Crippen molar-refractivity contribution in [1.29, 1.82) is 0 Å². The minimum absolute atomic E-state index is 0.506. The zero-order valence-electron chi connectivity index (χ0n) is 17.2. The molecule has 4 rings (SSSR count). The van der Waals surface area contributed by atoms with Gasteiger partial charge in [-0.1, -0.05) is 36.0 Å². The molecule has 0 N–H and O–H groups in total. The third-order valence-corrected chi connectivity index (χ3v) is 6.87. The number of ether oxygens (including phenoxy) is 1. The summed E-state index contributed by atoms with van der Waals surface area (Å²) in [5.41, 5.74) is 2.71. The van der Waals surface area contributed by atoms with Crippen molar-refractivity contribution in [2.24, 2.45) is 0 Å². The highest BCUT2D eigenvalue weighted by molar-refractivity contribution is 7.98. The Bertz CT molecular complexity index is 1210. The van der Waals surface area contributed by atoms with E-state index in [0.29, 0.717) is 10.8 Å². The number of thiazole rings is 1. The molecule has 0 saturated heterocycles. The molecule has 4 aromatic rings. The van der Waals surface area contributed by atoms with Crippen LogP contribution < -0.4 is 4.74 Å². The molecule has 9 heteroatoms. The van der Waals surface area contributed by atoms with Crippen LogP contribution in [0.25, 0.3) is 21.1 Å². The van der Waals surface area contributed by atoms with Crippen LogP contribution in [-0.4, -0.2) is 22.3 Å². The summed E-state index contributed by atoms with van der Waals surface area (Å²) in [5, 5.41) is 10.2. The number of aryl methyl sites for hydroxylation is 1. The summed E-state index contributed by atoms with van der Waals surface area (Å²) in [5.74, 6) is 1.28. The Balaban J connectivity index is 1.45. The second kappa shape index (κ2) is 9.30. The number of rotatable bonds is 6. The minimum atomic E-state index is -4.33. The lowest BCUT2D eigenvalue weighted by atomic mass is 10.1. The fourth-order valence-corrected chi connectivity index (χ4v) is 4.78. The number of aromatic nitrogens is 3. The van der Waals surface area contributed by atoms with E-state index in [1.54, 1.807) is 7.11 Å². The molecule has 0 fully saturated rings. The lowest BCUT2D eigenvalue weighted by Crippen LogP contribution is -2.04. The van der Waals surface area contributed by atoms with Gasteiger partial charge in [-0.05, 0) is 48.9 Å². The molecule has 0 amide bonds. The normalized spacial score (nSPS) is 11.5. The van der Waals surface area contributed by atoms with E-state index in [0.717, 1.165) is 50.3 Å². The second-order valence-electron chi connectivity index (χ2n) is 6.91. The van der Waals surface area contributed by atoms with Gasteiger partial charge in [0.05, 0.1) is 23.2 Å². The zero-order valence-corrected chi connectivity index (χ0v) is 18.8. The van der Waals surface area contributed by atoms with Gasteiger partial charge in [0, 0.05) is 11.3 Å². The molecule has 0 aliphatic carbocycles. The fourth-order valence-electron chi connectivity index (χ4n) is 2.98. The van der Waals surface area contributed by atoms with Gasteiger partial charge in [-0.15, -0.1) is 21.5 Å². The number of thioether (sulfide) groups is 1. The molecular formula is C23H18F3N3OS2. The zero-order chi connectivity index (χ0) is 22.7. The monoisotopic (exact) mass is 473 g/mol. The first-order valence-corrected chi connectivity index (χ1v) is 11.4. The number of methoxy groups -OCH3 is 1. The van der Waals surface area contributed by atoms with E-state index < -0.39 is 11.7 Å². The lowest BCUT2D eigenvalue weighted by Gasteiger charge is -2.07. The summed E-state index contributed by atoms with van der Waals surface area (Å²) in [6, 6.07) is 16.6. The molecule has 0 saturated carbocycles. The average Bonchev–Trinajstić information content (AvgIpc) is 3.19. The molecule has 2 heterocycles. The summed E-state index contributed by atoms with van der Waals surface area (Å²) < 4.78 is 43.3. The summed E-state index contributed by atoms with van der Waals surface area (Å²) in [4.78, 5) is 5.60. The van der Waals surface area contributed by atoms with Crippen molar-refractivity contribution in [3.05, 3.63) is 77.5 Å². The number of hydrogen-bond acceptors (Lipinski definition) is 6. The lowest BCUT2D eigenvalue weighted by molar-refractivity contribution is -0.137. The first kappa shape index (κ1) is 22.3. The van der Waals surface area contributed by atoms with Crippen LogP contribution in [0, 0.1) is 6.92 Å². The molecule has 0 unspecified atom stereocenters. The largest absolute Gasteiger partial charge is 0.497 e. The predicted molar refractivity (Wildman–Crippen MR) is 121 cm³/mol. The number of hydrogen-bond donors (Lipinski definition) is 0. The molecule has 2 aromatic heterocycles. The van der Waals surface area contributed by atoms with Gasteiger partial charge >= 0.3 is 6.18 Å². The van der Waals surface area contributed by atoms with Gasteiger partial charge in [0.15, 0.2) is 0 Å². The van der Waals surface area contributed by atoms with Crippen LogP contribution in [0.15, 0.2) is 65.7 Å². The maximum absolute atomic E-state index is 12.7. The Hall–Kier alpha value is -2.91. The van der Waals surface area contributed by atoms with Crippen molar-refractivity contribution in [3.63, 3.8) is 0 Å². The van der Waals surface area contributed by atoms with E-state index in [-0.39, 0.29) is 0 Å². The summed E-state index contributed by atoms with van der Waals surface area (Å²) in [6.45, 7) is 1.93. The van der Waals surface area contributed by atoms with Gasteiger partial charge in [-0.25, -0.2) is 4.98 Å². The van der Waals surface area contributed by atoms with E-state index in [4.69, 9.17) is 4.74 Å². The molecule has 32 heavy (non-hydrogen) atoms. The molecule has 0 aliphatic rings. The Morgan fingerprint density at radius 1 is 1.00 bits per heavy atom. The number of benzene rings is 2. The highest BCUT2D eigenvalue weighted by Gasteiger charge is 2.29. The van der Waals surface area contributed by atoms with Gasteiger partial charge in [0.2, 0.25) is 0 Å². The molecule has 4 nitrogen and oxygen atoms in total. The van der Waals surface area contributed by atoms with Crippen molar-refractivity contribution < 1.29 is 17.9 Å². The quantitative estimate of drug-likeness (QED) is 0.285. The Labute approximate surface area is 191 Å². The SMILES string of the molecule is COc1cccc(-c2nc(C)c(-c3ccc(SCc4ccc(C(F)(F)F)cc4)nn3)s2)c1. The third kappa shape index (κ3) is 5.11. The van der Waals surface area contributed by atoms with Crippen LogP contribution >= 0.6 is 23.1 Å². The summed E-state index contributed by atoms with van der Waals surface area (Å²) >= 11 is 2.96. The molecule has 0 radical (unpaired) electrons. The van der Waals surface area contributed by atoms with E-state index in [2.05, 4.69) is 15.2 Å². The van der Waals surface area contributed by atoms with E-state index >= 15 is 0 Å². The van der Waals surface area contributed by atoms with Crippen molar-refractivity contribution in [1.82, 2.24) is 15.2 Å².